The monoisotopic (exact) mass is 370 g/mol. The van der Waals surface area contributed by atoms with Crippen molar-refractivity contribution < 1.29 is 4.80 Å². The zero-order valence-electron chi connectivity index (χ0n) is 16.8. The number of benzene rings is 2. The second kappa shape index (κ2) is 6.98. The first-order valence-corrected chi connectivity index (χ1v) is 14.5. The van der Waals surface area contributed by atoms with Crippen LogP contribution in [0.5, 0.6) is 0 Å². The van der Waals surface area contributed by atoms with E-state index in [1.807, 2.05) is 13.1 Å². The molecule has 0 aliphatic rings. The lowest BCUT2D eigenvalue weighted by molar-refractivity contribution is -0.205. The van der Waals surface area contributed by atoms with Crippen molar-refractivity contribution in [3.63, 3.8) is 0 Å². The van der Waals surface area contributed by atoms with Gasteiger partial charge in [-0.05, 0) is 51.0 Å². The van der Waals surface area contributed by atoms with Crippen LogP contribution in [0.4, 0.5) is 11.4 Å². The van der Waals surface area contributed by atoms with Gasteiger partial charge in [-0.1, -0.05) is 61.6 Å². The highest BCUT2D eigenvalue weighted by molar-refractivity contribution is 6.99. The lowest BCUT2D eigenvalue weighted by Gasteiger charge is -2.60. The molecular weight excluding hydrogens is 340 g/mol. The quantitative estimate of drug-likeness (QED) is 0.679. The van der Waals surface area contributed by atoms with Crippen molar-refractivity contribution in [3.8, 4) is 0 Å². The highest BCUT2D eigenvalue weighted by Crippen LogP contribution is 2.35. The van der Waals surface area contributed by atoms with Crippen LogP contribution in [0, 0.1) is 27.7 Å². The predicted molar refractivity (Wildman–Crippen MR) is 112 cm³/mol. The van der Waals surface area contributed by atoms with E-state index in [0.717, 1.165) is 11.4 Å². The Morgan fingerprint density at radius 1 is 0.720 bits per heavy atom. The SMILES string of the molecule is Cc1cc(C)cc([N-][Si](C)(C)N(c2cc(C)cc(C)c2)[Si](C)(C)[O-])c1. The predicted octanol–water partition coefficient (Wildman–Crippen LogP) is 5.20. The topological polar surface area (TPSA) is 40.4 Å². The van der Waals surface area contributed by atoms with Gasteiger partial charge in [-0.25, -0.2) is 0 Å². The fourth-order valence-corrected chi connectivity index (χ4v) is 11.5. The van der Waals surface area contributed by atoms with Crippen LogP contribution in [0.25, 0.3) is 4.98 Å². The third-order valence-electron chi connectivity index (χ3n) is 4.16. The number of hydrogen-bond donors (Lipinski definition) is 0. The lowest BCUT2D eigenvalue weighted by atomic mass is 10.1. The van der Waals surface area contributed by atoms with Crippen LogP contribution in [0.2, 0.25) is 26.2 Å². The van der Waals surface area contributed by atoms with Crippen LogP contribution >= 0.6 is 0 Å². The van der Waals surface area contributed by atoms with Crippen molar-refractivity contribution in [1.82, 2.24) is 0 Å². The molecule has 0 unspecified atom stereocenters. The maximum Gasteiger partial charge on any atom is 0.0475 e. The molecule has 2 aromatic rings. The fraction of sp³-hybridized carbons (Fsp3) is 0.400. The van der Waals surface area contributed by atoms with E-state index in [0.29, 0.717) is 0 Å². The van der Waals surface area contributed by atoms with E-state index in [-0.39, 0.29) is 0 Å². The Kier molecular flexibility index (Phi) is 5.51. The minimum absolute atomic E-state index is 0.988. The van der Waals surface area contributed by atoms with Gasteiger partial charge < -0.3 is 14.0 Å². The molecule has 0 spiro atoms. The Morgan fingerprint density at radius 2 is 1.12 bits per heavy atom. The molecule has 0 saturated heterocycles. The van der Waals surface area contributed by atoms with Gasteiger partial charge in [0.25, 0.3) is 0 Å². The molecule has 0 saturated carbocycles. The number of anilines is 1. The summed E-state index contributed by atoms with van der Waals surface area (Å²) in [6.45, 7) is 16.5. The summed E-state index contributed by atoms with van der Waals surface area (Å²) < 4.78 is 2.15. The first kappa shape index (κ1) is 19.8. The highest BCUT2D eigenvalue weighted by atomic mass is 28.4. The van der Waals surface area contributed by atoms with Gasteiger partial charge in [0.15, 0.2) is 0 Å². The average molecular weight is 371 g/mol. The molecule has 0 heterocycles. The van der Waals surface area contributed by atoms with Crippen molar-refractivity contribution in [2.24, 2.45) is 0 Å². The van der Waals surface area contributed by atoms with Crippen molar-refractivity contribution >= 4 is 28.3 Å². The Balaban J connectivity index is 2.48. The van der Waals surface area contributed by atoms with Crippen molar-refractivity contribution in [1.29, 1.82) is 0 Å². The average Bonchev–Trinajstić information content (AvgIpc) is 2.32. The molecule has 2 rings (SSSR count). The smallest absolute Gasteiger partial charge is 0.0475 e. The molecule has 25 heavy (non-hydrogen) atoms. The van der Waals surface area contributed by atoms with Crippen LogP contribution in [0.3, 0.4) is 0 Å². The van der Waals surface area contributed by atoms with Crippen molar-refractivity contribution in [2.45, 2.75) is 53.9 Å². The van der Waals surface area contributed by atoms with E-state index in [2.05, 4.69) is 81.4 Å². The van der Waals surface area contributed by atoms with E-state index >= 15 is 0 Å². The van der Waals surface area contributed by atoms with Crippen molar-refractivity contribution in [3.05, 3.63) is 63.6 Å². The van der Waals surface area contributed by atoms with Gasteiger partial charge >= 0.3 is 0 Å². The number of rotatable bonds is 5. The molecule has 0 amide bonds. The zero-order chi connectivity index (χ0) is 19.0. The second-order valence-electron chi connectivity index (χ2n) is 8.08. The maximum atomic E-state index is 13.2. The molecule has 5 heteroatoms. The molecule has 2 aromatic carbocycles. The molecule has 0 atom stereocenters. The van der Waals surface area contributed by atoms with Crippen LogP contribution in [-0.4, -0.2) is 16.9 Å². The fourth-order valence-electron chi connectivity index (χ4n) is 3.75. The van der Waals surface area contributed by atoms with E-state index in [4.69, 9.17) is 4.98 Å². The summed E-state index contributed by atoms with van der Waals surface area (Å²) in [4.78, 5) is 18.4. The Bertz CT molecular complexity index is 726. The van der Waals surface area contributed by atoms with Crippen molar-refractivity contribution in [2.75, 3.05) is 4.23 Å². The Morgan fingerprint density at radius 3 is 1.52 bits per heavy atom. The molecule has 0 aliphatic carbocycles. The second-order valence-corrected chi connectivity index (χ2v) is 15.5. The molecule has 0 N–H and O–H groups in total. The van der Waals surface area contributed by atoms with E-state index in [1.54, 1.807) is 0 Å². The zero-order valence-corrected chi connectivity index (χ0v) is 18.8. The molecule has 3 nitrogen and oxygen atoms in total. The van der Waals surface area contributed by atoms with Gasteiger partial charge in [0.2, 0.25) is 0 Å². The molecular formula is C20H30N2OSi2-2. The summed E-state index contributed by atoms with van der Waals surface area (Å²) in [5.74, 6) is 0. The summed E-state index contributed by atoms with van der Waals surface area (Å²) in [5.41, 5.74) is 6.82. The van der Waals surface area contributed by atoms with Crippen LogP contribution in [0.1, 0.15) is 22.3 Å². The van der Waals surface area contributed by atoms with Gasteiger partial charge in [-0.2, -0.15) is 0 Å². The molecule has 136 valence electrons. The third-order valence-corrected chi connectivity index (χ3v) is 10.9. The van der Waals surface area contributed by atoms with Gasteiger partial charge in [-0.15, -0.1) is 5.69 Å². The minimum Gasteiger partial charge on any atom is -0.844 e. The van der Waals surface area contributed by atoms with Gasteiger partial charge in [0.05, 0.1) is 0 Å². The van der Waals surface area contributed by atoms with Gasteiger partial charge in [0.1, 0.15) is 0 Å². The molecule has 0 aliphatic heterocycles. The number of hydrogen-bond acceptors (Lipinski definition) is 2. The number of nitrogens with zero attached hydrogens (tertiary/aromatic N) is 2. The van der Waals surface area contributed by atoms with E-state index in [9.17, 15) is 4.80 Å². The molecule has 0 aromatic heterocycles. The number of aryl methyl sites for hydroxylation is 4. The van der Waals surface area contributed by atoms with Crippen LogP contribution in [-0.2, 0) is 0 Å². The van der Waals surface area contributed by atoms with E-state index in [1.165, 1.54) is 22.3 Å². The Hall–Kier alpha value is -1.57. The minimum atomic E-state index is -2.84. The summed E-state index contributed by atoms with van der Waals surface area (Å²) in [7, 11) is -5.17. The summed E-state index contributed by atoms with van der Waals surface area (Å²) in [6, 6.07) is 12.8. The normalized spacial score (nSPS) is 12.2. The largest absolute Gasteiger partial charge is 0.844 e. The first-order chi connectivity index (χ1) is 11.4. The van der Waals surface area contributed by atoms with Crippen LogP contribution in [0.15, 0.2) is 36.4 Å². The molecule has 0 radical (unpaired) electrons. The molecule has 0 bridgehead atoms. The summed E-state index contributed by atoms with van der Waals surface area (Å²) in [6.07, 6.45) is 0. The summed E-state index contributed by atoms with van der Waals surface area (Å²) in [5, 5.41) is 0. The first-order valence-electron chi connectivity index (χ1n) is 8.79. The van der Waals surface area contributed by atoms with Gasteiger partial charge in [-0.3, -0.25) is 0 Å². The Labute approximate surface area is 155 Å². The highest BCUT2D eigenvalue weighted by Gasteiger charge is 2.27. The summed E-state index contributed by atoms with van der Waals surface area (Å²) >= 11 is 0. The maximum absolute atomic E-state index is 13.2. The standard InChI is InChI=1S/C20H30N2OSi2/c1-15-9-16(2)12-19(11-15)21-24(5,6)22(25(7,8)23)20-13-17(3)10-18(4)14-20/h9-14H,1-8H3/q-2. The van der Waals surface area contributed by atoms with E-state index < -0.39 is 16.9 Å². The third kappa shape index (κ3) is 4.97. The van der Waals surface area contributed by atoms with Gasteiger partial charge in [0, 0.05) is 22.6 Å². The lowest BCUT2D eigenvalue weighted by Crippen LogP contribution is -2.69. The molecule has 0 fully saturated rings. The van der Waals surface area contributed by atoms with Crippen LogP contribution < -0.4 is 9.03 Å².